The number of carbonyl (C=O) groups is 5. The smallest absolute Gasteiger partial charge is 0.235 e. The third-order valence-corrected chi connectivity index (χ3v) is 8.48. The third-order valence-electron chi connectivity index (χ3n) is 7.30. The van der Waals surface area contributed by atoms with Gasteiger partial charge in [-0.05, 0) is 50.6 Å². The van der Waals surface area contributed by atoms with Crippen molar-refractivity contribution in [2.75, 3.05) is 20.4 Å². The van der Waals surface area contributed by atoms with Gasteiger partial charge in [-0.1, -0.05) is 0 Å². The molecule has 1 aromatic rings. The molecule has 0 spiro atoms. The summed E-state index contributed by atoms with van der Waals surface area (Å²) >= 11 is 0. The standard InChI is InChI=1S/C22H24N2O9S/c1-24(2)16-10-7-8-6-9-12(34(3,32)33)5-4-11(25)14(9)17(26)13(8)19(28)22(10,31)20(29)15(18(16)27)21(23)30/h4-5,8,10,13,15-16,25,31H,6-7H2,1-3H3,(H2,23,30). The number of Topliss-reactive ketones (excluding diaryl/α,β-unsaturated/α-hetero) is 4. The SMILES string of the molecule is CN(C)C1C(=O)C(C(N)=O)C(=O)C2(O)C(=O)C3C(=O)c4c(O)ccc(S(C)(=O)=O)c4CC3CC12. The molecule has 12 heteroatoms. The predicted octanol–water partition coefficient (Wildman–Crippen LogP) is -1.73. The summed E-state index contributed by atoms with van der Waals surface area (Å²) in [6, 6.07) is 0.986. The minimum atomic E-state index is -3.80. The van der Waals surface area contributed by atoms with Gasteiger partial charge in [0.15, 0.2) is 44.5 Å². The first-order valence-corrected chi connectivity index (χ1v) is 12.4. The lowest BCUT2D eigenvalue weighted by Gasteiger charge is -2.52. The average Bonchev–Trinajstić information content (AvgIpc) is 2.69. The minimum Gasteiger partial charge on any atom is -0.507 e. The van der Waals surface area contributed by atoms with E-state index in [2.05, 4.69) is 0 Å². The number of ketones is 4. The summed E-state index contributed by atoms with van der Waals surface area (Å²) in [7, 11) is -0.834. The molecule has 4 N–H and O–H groups in total. The van der Waals surface area contributed by atoms with Crippen LogP contribution in [0.5, 0.6) is 5.75 Å². The van der Waals surface area contributed by atoms with E-state index < -0.39 is 79.9 Å². The van der Waals surface area contributed by atoms with Gasteiger partial charge >= 0.3 is 0 Å². The molecule has 0 aliphatic heterocycles. The van der Waals surface area contributed by atoms with Crippen molar-refractivity contribution in [3.8, 4) is 5.75 Å². The van der Waals surface area contributed by atoms with Crippen molar-refractivity contribution < 1.29 is 42.6 Å². The molecular weight excluding hydrogens is 468 g/mol. The number of nitrogens with zero attached hydrogens (tertiary/aromatic N) is 1. The zero-order valence-electron chi connectivity index (χ0n) is 18.6. The molecule has 2 saturated carbocycles. The maximum absolute atomic E-state index is 13.6. The lowest BCUT2D eigenvalue weighted by atomic mass is 9.52. The summed E-state index contributed by atoms with van der Waals surface area (Å²) in [5.41, 5.74) is 2.14. The lowest BCUT2D eigenvalue weighted by molar-refractivity contribution is -0.181. The fourth-order valence-electron chi connectivity index (χ4n) is 5.92. The number of sulfone groups is 1. The van der Waals surface area contributed by atoms with Crippen LogP contribution >= 0.6 is 0 Å². The van der Waals surface area contributed by atoms with E-state index in [1.807, 2.05) is 0 Å². The van der Waals surface area contributed by atoms with Crippen LogP contribution in [-0.2, 0) is 35.4 Å². The average molecular weight is 493 g/mol. The van der Waals surface area contributed by atoms with Gasteiger partial charge in [0.1, 0.15) is 5.75 Å². The van der Waals surface area contributed by atoms with Crippen LogP contribution in [0.25, 0.3) is 0 Å². The van der Waals surface area contributed by atoms with E-state index in [-0.39, 0.29) is 28.9 Å². The van der Waals surface area contributed by atoms with Crippen molar-refractivity contribution in [3.63, 3.8) is 0 Å². The number of carbonyl (C=O) groups excluding carboxylic acids is 5. The highest BCUT2D eigenvalue weighted by atomic mass is 32.2. The first-order chi connectivity index (χ1) is 15.6. The molecule has 1 aromatic carbocycles. The van der Waals surface area contributed by atoms with Crippen molar-refractivity contribution in [2.45, 2.75) is 29.4 Å². The number of likely N-dealkylation sites (N-methyl/N-ethyl adjacent to an activating group) is 1. The van der Waals surface area contributed by atoms with E-state index in [0.29, 0.717) is 0 Å². The number of amides is 1. The Bertz CT molecular complexity index is 1290. The van der Waals surface area contributed by atoms with Crippen molar-refractivity contribution in [3.05, 3.63) is 23.3 Å². The van der Waals surface area contributed by atoms with E-state index in [1.54, 1.807) is 0 Å². The van der Waals surface area contributed by atoms with E-state index >= 15 is 0 Å². The Kier molecular flexibility index (Phi) is 5.35. The quantitative estimate of drug-likeness (QED) is 0.409. The Balaban J connectivity index is 1.92. The molecule has 0 heterocycles. The van der Waals surface area contributed by atoms with Gasteiger partial charge in [-0.2, -0.15) is 0 Å². The van der Waals surface area contributed by atoms with Crippen LogP contribution in [0.3, 0.4) is 0 Å². The number of hydrogen-bond donors (Lipinski definition) is 3. The third kappa shape index (κ3) is 3.08. The Hall–Kier alpha value is -2.96. The molecule has 34 heavy (non-hydrogen) atoms. The molecule has 11 nitrogen and oxygen atoms in total. The highest BCUT2D eigenvalue weighted by molar-refractivity contribution is 7.90. The van der Waals surface area contributed by atoms with E-state index in [4.69, 9.17) is 5.73 Å². The second kappa shape index (κ2) is 7.52. The van der Waals surface area contributed by atoms with Crippen molar-refractivity contribution in [1.29, 1.82) is 0 Å². The van der Waals surface area contributed by atoms with Crippen LogP contribution in [0.1, 0.15) is 22.3 Å². The van der Waals surface area contributed by atoms with Crippen LogP contribution in [-0.4, -0.2) is 84.6 Å². The number of aliphatic hydroxyl groups is 1. The molecule has 1 amide bonds. The molecule has 2 fully saturated rings. The monoisotopic (exact) mass is 492 g/mol. The van der Waals surface area contributed by atoms with Crippen molar-refractivity contribution in [1.82, 2.24) is 4.90 Å². The number of rotatable bonds is 3. The van der Waals surface area contributed by atoms with E-state index in [9.17, 15) is 42.6 Å². The molecule has 3 aliphatic rings. The van der Waals surface area contributed by atoms with Gasteiger partial charge in [-0.15, -0.1) is 0 Å². The number of nitrogens with two attached hydrogens (primary N) is 1. The molecule has 0 saturated heterocycles. The molecule has 3 aliphatic carbocycles. The normalized spacial score (nSPS) is 33.4. The molecule has 4 rings (SSSR count). The van der Waals surface area contributed by atoms with Crippen LogP contribution in [0.2, 0.25) is 0 Å². The van der Waals surface area contributed by atoms with Gasteiger partial charge in [-0.25, -0.2) is 8.42 Å². The van der Waals surface area contributed by atoms with Gasteiger partial charge in [-0.3, -0.25) is 28.9 Å². The summed E-state index contributed by atoms with van der Waals surface area (Å²) in [6.07, 6.45) is 0.691. The van der Waals surface area contributed by atoms with Gasteiger partial charge in [0.2, 0.25) is 5.91 Å². The van der Waals surface area contributed by atoms with Crippen LogP contribution in [0.4, 0.5) is 0 Å². The second-order valence-electron chi connectivity index (χ2n) is 9.50. The van der Waals surface area contributed by atoms with Gasteiger partial charge < -0.3 is 15.9 Å². The van der Waals surface area contributed by atoms with Crippen molar-refractivity contribution >= 4 is 38.9 Å². The molecule has 6 atom stereocenters. The number of primary amides is 1. The fourth-order valence-corrected chi connectivity index (χ4v) is 6.87. The topological polar surface area (TPSA) is 189 Å². The zero-order valence-corrected chi connectivity index (χ0v) is 19.5. The number of benzene rings is 1. The molecule has 0 aromatic heterocycles. The van der Waals surface area contributed by atoms with Gasteiger partial charge in [0.25, 0.3) is 0 Å². The van der Waals surface area contributed by atoms with E-state index in [0.717, 1.165) is 12.3 Å². The first-order valence-electron chi connectivity index (χ1n) is 10.5. The summed E-state index contributed by atoms with van der Waals surface area (Å²) < 4.78 is 24.6. The highest BCUT2D eigenvalue weighted by Gasteiger charge is 2.69. The fraction of sp³-hybridized carbons (Fsp3) is 0.500. The zero-order chi connectivity index (χ0) is 25.5. The maximum atomic E-state index is 13.6. The predicted molar refractivity (Wildman–Crippen MR) is 114 cm³/mol. The molecule has 0 radical (unpaired) electrons. The molecular formula is C22H24N2O9S. The molecule has 6 unspecified atom stereocenters. The number of hydrogen-bond acceptors (Lipinski definition) is 10. The minimum absolute atomic E-state index is 0.0527. The molecule has 182 valence electrons. The van der Waals surface area contributed by atoms with Gasteiger partial charge in [0, 0.05) is 12.2 Å². The molecule has 0 bridgehead atoms. The Morgan fingerprint density at radius 1 is 1.15 bits per heavy atom. The summed E-state index contributed by atoms with van der Waals surface area (Å²) in [5, 5.41) is 21.8. The number of aromatic hydroxyl groups is 1. The summed E-state index contributed by atoms with van der Waals surface area (Å²) in [5.74, 6) is -11.9. The van der Waals surface area contributed by atoms with E-state index in [1.165, 1.54) is 25.1 Å². The Morgan fingerprint density at radius 3 is 2.29 bits per heavy atom. The lowest BCUT2D eigenvalue weighted by Crippen LogP contribution is -2.74. The number of phenols is 1. The summed E-state index contributed by atoms with van der Waals surface area (Å²) in [4.78, 5) is 66.3. The van der Waals surface area contributed by atoms with Crippen LogP contribution < -0.4 is 5.73 Å². The van der Waals surface area contributed by atoms with Crippen molar-refractivity contribution in [2.24, 2.45) is 29.4 Å². The largest absolute Gasteiger partial charge is 0.507 e. The Labute approximate surface area is 194 Å². The van der Waals surface area contributed by atoms with Gasteiger partial charge in [0.05, 0.1) is 22.4 Å². The maximum Gasteiger partial charge on any atom is 0.235 e. The second-order valence-corrected chi connectivity index (χ2v) is 11.5. The van der Waals surface area contributed by atoms with Crippen LogP contribution in [0.15, 0.2) is 17.0 Å². The Morgan fingerprint density at radius 2 is 1.76 bits per heavy atom. The number of fused-ring (bicyclic) bond motifs is 3. The summed E-state index contributed by atoms with van der Waals surface area (Å²) in [6.45, 7) is 0. The van der Waals surface area contributed by atoms with Crippen LogP contribution in [0, 0.1) is 23.7 Å². The highest BCUT2D eigenvalue weighted by Crippen LogP contribution is 2.51. The first kappa shape index (κ1) is 24.2. The number of phenolic OH excluding ortho intramolecular Hbond substituents is 1.